The Labute approximate surface area is 200 Å². The Balaban J connectivity index is 1.77. The van der Waals surface area contributed by atoms with E-state index in [0.29, 0.717) is 0 Å². The third-order valence-corrected chi connectivity index (χ3v) is 6.02. The Morgan fingerprint density at radius 2 is 1.79 bits per heavy atom. The summed E-state index contributed by atoms with van der Waals surface area (Å²) in [6.07, 6.45) is 3.07. The minimum Gasteiger partial charge on any atom is -0.373 e. The van der Waals surface area contributed by atoms with Crippen LogP contribution in [0.4, 0.5) is 11.4 Å². The summed E-state index contributed by atoms with van der Waals surface area (Å²) in [6.45, 7) is 7.49. The van der Waals surface area contributed by atoms with Crippen LogP contribution in [0.15, 0.2) is 73.4 Å². The van der Waals surface area contributed by atoms with Crippen LogP contribution in [-0.2, 0) is 4.79 Å². The lowest BCUT2D eigenvalue weighted by molar-refractivity contribution is -0.111. The predicted molar refractivity (Wildman–Crippen MR) is 142 cm³/mol. The molecule has 6 heteroatoms. The zero-order valence-electron chi connectivity index (χ0n) is 20.2. The van der Waals surface area contributed by atoms with Crippen molar-refractivity contribution in [3.05, 3.63) is 79.0 Å². The number of anilines is 2. The summed E-state index contributed by atoms with van der Waals surface area (Å²) < 4.78 is 0. The number of aromatic nitrogens is 2. The zero-order chi connectivity index (χ0) is 24.2. The molecule has 2 aromatic carbocycles. The van der Waals surface area contributed by atoms with Gasteiger partial charge >= 0.3 is 0 Å². The van der Waals surface area contributed by atoms with Crippen LogP contribution < -0.4 is 10.2 Å². The van der Waals surface area contributed by atoms with E-state index in [4.69, 9.17) is 0 Å². The van der Waals surface area contributed by atoms with Crippen LogP contribution in [-0.4, -0.2) is 55.0 Å². The number of H-pyrrole nitrogens is 1. The van der Waals surface area contributed by atoms with E-state index in [1.54, 1.807) is 6.20 Å². The molecule has 174 valence electrons. The average molecular weight is 454 g/mol. The highest BCUT2D eigenvalue weighted by Gasteiger charge is 2.17. The van der Waals surface area contributed by atoms with Gasteiger partial charge in [0.1, 0.15) is 5.65 Å². The summed E-state index contributed by atoms with van der Waals surface area (Å²) in [4.78, 5) is 24.5. The summed E-state index contributed by atoms with van der Waals surface area (Å²) in [5.41, 5.74) is 7.91. The van der Waals surface area contributed by atoms with Crippen LogP contribution in [0.3, 0.4) is 0 Å². The first-order valence-electron chi connectivity index (χ1n) is 11.3. The number of fused-ring (bicyclic) bond motifs is 1. The molecule has 0 spiro atoms. The summed E-state index contributed by atoms with van der Waals surface area (Å²) in [5, 5.41) is 3.95. The first-order valence-corrected chi connectivity index (χ1v) is 11.3. The zero-order valence-corrected chi connectivity index (χ0v) is 20.2. The van der Waals surface area contributed by atoms with Crippen molar-refractivity contribution >= 4 is 28.3 Å². The average Bonchev–Trinajstić information content (AvgIpc) is 3.23. The molecule has 0 atom stereocenters. The van der Waals surface area contributed by atoms with Gasteiger partial charge in [0.15, 0.2) is 0 Å². The van der Waals surface area contributed by atoms with Crippen molar-refractivity contribution in [2.75, 3.05) is 44.4 Å². The Hall–Kier alpha value is -3.90. The van der Waals surface area contributed by atoms with Gasteiger partial charge < -0.3 is 20.1 Å². The van der Waals surface area contributed by atoms with E-state index in [0.717, 1.165) is 57.8 Å². The maximum atomic E-state index is 12.0. The number of pyridine rings is 1. The summed E-state index contributed by atoms with van der Waals surface area (Å²) in [5.74, 6) is -0.227. The van der Waals surface area contributed by atoms with E-state index < -0.39 is 0 Å². The van der Waals surface area contributed by atoms with E-state index >= 15 is 0 Å². The second-order valence-corrected chi connectivity index (χ2v) is 8.77. The molecule has 2 aromatic heterocycles. The molecule has 2 N–H and O–H groups in total. The van der Waals surface area contributed by atoms with Gasteiger partial charge in [-0.1, -0.05) is 30.8 Å². The minimum atomic E-state index is -0.227. The van der Waals surface area contributed by atoms with Crippen molar-refractivity contribution in [2.45, 2.75) is 6.92 Å². The number of carbonyl (C=O) groups excluding carboxylic acids is 1. The third kappa shape index (κ3) is 4.87. The topological polar surface area (TPSA) is 64.3 Å². The number of hydrogen-bond donors (Lipinski definition) is 2. The molecule has 0 bridgehead atoms. The summed E-state index contributed by atoms with van der Waals surface area (Å²) in [6, 6.07) is 18.7. The number of aromatic amines is 1. The van der Waals surface area contributed by atoms with Gasteiger partial charge in [0.25, 0.3) is 0 Å². The number of likely N-dealkylation sites (N-methyl/N-ethyl adjacent to an activating group) is 2. The number of hydrogen-bond acceptors (Lipinski definition) is 4. The van der Waals surface area contributed by atoms with E-state index in [1.807, 2.05) is 25.1 Å². The lowest BCUT2D eigenvalue weighted by Crippen LogP contribution is -2.28. The highest BCUT2D eigenvalue weighted by Crippen LogP contribution is 2.39. The van der Waals surface area contributed by atoms with Gasteiger partial charge in [-0.3, -0.25) is 4.79 Å². The Morgan fingerprint density at radius 3 is 2.50 bits per heavy atom. The second kappa shape index (κ2) is 9.93. The van der Waals surface area contributed by atoms with Gasteiger partial charge in [-0.25, -0.2) is 4.98 Å². The molecule has 1 amide bonds. The van der Waals surface area contributed by atoms with Crippen LogP contribution >= 0.6 is 0 Å². The molecule has 0 aliphatic heterocycles. The Bertz CT molecular complexity index is 1320. The Kier molecular flexibility index (Phi) is 6.80. The molecule has 0 saturated carbocycles. The van der Waals surface area contributed by atoms with Crippen molar-refractivity contribution in [2.24, 2.45) is 0 Å². The van der Waals surface area contributed by atoms with E-state index in [9.17, 15) is 4.79 Å². The fraction of sp³-hybridized carbons (Fsp3) is 0.214. The SMILES string of the molecule is C=CC(=O)Nc1cc(-c2c(-c3ccc(N(C)CCN(C)C)cc3)[nH]c3ncccc23)ccc1C. The first-order chi connectivity index (χ1) is 16.4. The number of benzene rings is 2. The van der Waals surface area contributed by atoms with Crippen molar-refractivity contribution in [3.8, 4) is 22.4 Å². The molecule has 0 aliphatic carbocycles. The van der Waals surface area contributed by atoms with Crippen molar-refractivity contribution < 1.29 is 4.79 Å². The molecule has 4 rings (SSSR count). The number of nitrogens with one attached hydrogen (secondary N) is 2. The van der Waals surface area contributed by atoms with Crippen LogP contribution in [0, 0.1) is 6.92 Å². The minimum absolute atomic E-state index is 0.227. The molecular formula is C28H31N5O. The molecule has 0 aliphatic rings. The van der Waals surface area contributed by atoms with Gasteiger partial charge in [-0.2, -0.15) is 0 Å². The summed E-state index contributed by atoms with van der Waals surface area (Å²) >= 11 is 0. The van der Waals surface area contributed by atoms with Crippen molar-refractivity contribution in [3.63, 3.8) is 0 Å². The lowest BCUT2D eigenvalue weighted by atomic mass is 9.97. The van der Waals surface area contributed by atoms with Gasteiger partial charge in [-0.15, -0.1) is 0 Å². The van der Waals surface area contributed by atoms with E-state index in [-0.39, 0.29) is 5.91 Å². The second-order valence-electron chi connectivity index (χ2n) is 8.77. The number of aryl methyl sites for hydroxylation is 1. The smallest absolute Gasteiger partial charge is 0.247 e. The van der Waals surface area contributed by atoms with E-state index in [1.165, 1.54) is 11.8 Å². The molecule has 0 radical (unpaired) electrons. The van der Waals surface area contributed by atoms with Crippen LogP contribution in [0.1, 0.15) is 5.56 Å². The molecule has 34 heavy (non-hydrogen) atoms. The van der Waals surface area contributed by atoms with Gasteiger partial charge in [0, 0.05) is 48.7 Å². The fourth-order valence-corrected chi connectivity index (χ4v) is 4.00. The largest absolute Gasteiger partial charge is 0.373 e. The maximum absolute atomic E-state index is 12.0. The highest BCUT2D eigenvalue weighted by atomic mass is 16.1. The van der Waals surface area contributed by atoms with Gasteiger partial charge in [-0.05, 0) is 74.1 Å². The van der Waals surface area contributed by atoms with E-state index in [2.05, 4.69) is 89.2 Å². The molecule has 0 saturated heterocycles. The van der Waals surface area contributed by atoms with Crippen molar-refractivity contribution in [1.29, 1.82) is 0 Å². The van der Waals surface area contributed by atoms with Crippen LogP contribution in [0.2, 0.25) is 0 Å². The molecular weight excluding hydrogens is 422 g/mol. The molecule has 0 fully saturated rings. The van der Waals surface area contributed by atoms with Gasteiger partial charge in [0.05, 0.1) is 5.69 Å². The normalized spacial score (nSPS) is 11.1. The predicted octanol–water partition coefficient (Wildman–Crippen LogP) is 5.33. The van der Waals surface area contributed by atoms with Crippen LogP contribution in [0.25, 0.3) is 33.4 Å². The highest BCUT2D eigenvalue weighted by molar-refractivity contribution is 6.04. The molecule has 2 heterocycles. The maximum Gasteiger partial charge on any atom is 0.247 e. The molecule has 4 aromatic rings. The number of amides is 1. The van der Waals surface area contributed by atoms with Crippen LogP contribution in [0.5, 0.6) is 0 Å². The fourth-order valence-electron chi connectivity index (χ4n) is 4.00. The molecule has 0 unspecified atom stereocenters. The number of rotatable bonds is 8. The van der Waals surface area contributed by atoms with Crippen molar-refractivity contribution in [1.82, 2.24) is 14.9 Å². The number of carbonyl (C=O) groups is 1. The monoisotopic (exact) mass is 453 g/mol. The molecule has 6 nitrogen and oxygen atoms in total. The quantitative estimate of drug-likeness (QED) is 0.354. The lowest BCUT2D eigenvalue weighted by Gasteiger charge is -2.21. The first kappa shape index (κ1) is 23.3. The Morgan fingerprint density at radius 1 is 1.06 bits per heavy atom. The van der Waals surface area contributed by atoms with Gasteiger partial charge in [0.2, 0.25) is 5.91 Å². The third-order valence-electron chi connectivity index (χ3n) is 6.02. The summed E-state index contributed by atoms with van der Waals surface area (Å²) in [7, 11) is 6.28. The standard InChI is InChI=1S/C28H31N5O/c1-6-25(34)30-24-18-21(10-9-19(24)2)26-23-8-7-15-29-28(23)31-27(26)20-11-13-22(14-12-20)33(5)17-16-32(3)4/h6-15,18H,1,16-17H2,2-5H3,(H,29,31)(H,30,34). The number of nitrogens with zero attached hydrogens (tertiary/aromatic N) is 3.